The van der Waals surface area contributed by atoms with Crippen molar-refractivity contribution in [3.8, 4) is 5.75 Å². The van der Waals surface area contributed by atoms with Gasteiger partial charge in [0.1, 0.15) is 12.0 Å². The second-order valence-corrected chi connectivity index (χ2v) is 3.70. The lowest BCUT2D eigenvalue weighted by Gasteiger charge is -2.16. The molecule has 0 bridgehead atoms. The van der Waals surface area contributed by atoms with Gasteiger partial charge in [0.25, 0.3) is 0 Å². The highest BCUT2D eigenvalue weighted by molar-refractivity contribution is 5.53. The van der Waals surface area contributed by atoms with Gasteiger partial charge in [-0.2, -0.15) is 0 Å². The molecule has 1 atom stereocenters. The molecule has 1 rings (SSSR count). The summed E-state index contributed by atoms with van der Waals surface area (Å²) in [4.78, 5) is 10.5. The van der Waals surface area contributed by atoms with E-state index < -0.39 is 0 Å². The summed E-state index contributed by atoms with van der Waals surface area (Å²) in [6, 6.07) is 6.13. The Morgan fingerprint density at radius 3 is 2.73 bits per heavy atom. The first-order valence-corrected chi connectivity index (χ1v) is 5.34. The van der Waals surface area contributed by atoms with Crippen molar-refractivity contribution in [1.82, 2.24) is 0 Å². The third-order valence-electron chi connectivity index (χ3n) is 2.69. The number of aldehydes is 1. The molecular weight excluding hydrogens is 188 g/mol. The van der Waals surface area contributed by atoms with Crippen LogP contribution in [0, 0.1) is 0 Å². The minimum Gasteiger partial charge on any atom is -0.496 e. The number of rotatable bonds is 5. The predicted octanol–water partition coefficient (Wildman–Crippen LogP) is 2.95. The zero-order valence-corrected chi connectivity index (χ0v) is 9.62. The van der Waals surface area contributed by atoms with Gasteiger partial charge in [-0.05, 0) is 23.5 Å². The Hall–Kier alpha value is -1.31. The molecule has 0 N–H and O–H groups in total. The highest BCUT2D eigenvalue weighted by Gasteiger charge is 2.13. The summed E-state index contributed by atoms with van der Waals surface area (Å²) in [5.74, 6) is 1.17. The van der Waals surface area contributed by atoms with Gasteiger partial charge in [-0.15, -0.1) is 0 Å². The molecule has 0 saturated carbocycles. The summed E-state index contributed by atoms with van der Waals surface area (Å²) in [6.07, 6.45) is 2.46. The molecule has 1 unspecified atom stereocenters. The van der Waals surface area contributed by atoms with Gasteiger partial charge >= 0.3 is 0 Å². The molecule has 0 amide bonds. The van der Waals surface area contributed by atoms with Crippen molar-refractivity contribution in [3.63, 3.8) is 0 Å². The van der Waals surface area contributed by atoms with Crippen LogP contribution in [-0.2, 0) is 11.2 Å². The van der Waals surface area contributed by atoms with Crippen LogP contribution >= 0.6 is 0 Å². The van der Waals surface area contributed by atoms with Crippen molar-refractivity contribution in [2.75, 3.05) is 7.11 Å². The highest BCUT2D eigenvalue weighted by Crippen LogP contribution is 2.31. The topological polar surface area (TPSA) is 26.3 Å². The van der Waals surface area contributed by atoms with E-state index in [2.05, 4.69) is 13.0 Å². The monoisotopic (exact) mass is 206 g/mol. The Morgan fingerprint density at radius 1 is 1.47 bits per heavy atom. The smallest absolute Gasteiger partial charge is 0.125 e. The maximum Gasteiger partial charge on any atom is 0.125 e. The van der Waals surface area contributed by atoms with E-state index in [1.54, 1.807) is 7.11 Å². The number of hydrogen-bond acceptors (Lipinski definition) is 2. The molecule has 0 aliphatic rings. The minimum atomic E-state index is 0.226. The molecule has 0 spiro atoms. The second-order valence-electron chi connectivity index (χ2n) is 3.70. The second kappa shape index (κ2) is 5.54. The number of benzene rings is 1. The first-order valence-electron chi connectivity index (χ1n) is 5.34. The van der Waals surface area contributed by atoms with Gasteiger partial charge in [-0.3, -0.25) is 0 Å². The fourth-order valence-electron chi connectivity index (χ4n) is 1.79. The third-order valence-corrected chi connectivity index (χ3v) is 2.69. The van der Waals surface area contributed by atoms with Crippen LogP contribution in [0.15, 0.2) is 18.2 Å². The molecule has 2 nitrogen and oxygen atoms in total. The Balaban J connectivity index is 3.10. The van der Waals surface area contributed by atoms with Crippen LogP contribution in [0.25, 0.3) is 0 Å². The van der Waals surface area contributed by atoms with Gasteiger partial charge in [0, 0.05) is 6.42 Å². The van der Waals surface area contributed by atoms with Crippen LogP contribution in [0.3, 0.4) is 0 Å². The predicted molar refractivity (Wildman–Crippen MR) is 61.5 cm³/mol. The summed E-state index contributed by atoms with van der Waals surface area (Å²) in [7, 11) is 1.69. The van der Waals surface area contributed by atoms with Crippen molar-refractivity contribution in [2.45, 2.75) is 32.6 Å². The number of methoxy groups -OCH3 is 1. The number of para-hydroxylation sites is 1. The lowest BCUT2D eigenvalue weighted by atomic mass is 9.94. The van der Waals surface area contributed by atoms with Gasteiger partial charge in [0.05, 0.1) is 7.11 Å². The van der Waals surface area contributed by atoms with Crippen LogP contribution in [0.4, 0.5) is 0 Å². The minimum absolute atomic E-state index is 0.226. The zero-order valence-electron chi connectivity index (χ0n) is 9.62. The summed E-state index contributed by atoms with van der Waals surface area (Å²) in [6.45, 7) is 4.15. The van der Waals surface area contributed by atoms with Crippen LogP contribution in [-0.4, -0.2) is 13.4 Å². The van der Waals surface area contributed by atoms with E-state index in [1.165, 1.54) is 5.56 Å². The molecule has 15 heavy (non-hydrogen) atoms. The number of carbonyl (C=O) groups is 1. The maximum absolute atomic E-state index is 10.5. The van der Waals surface area contributed by atoms with Crippen molar-refractivity contribution in [3.05, 3.63) is 29.3 Å². The largest absolute Gasteiger partial charge is 0.496 e. The van der Waals surface area contributed by atoms with Crippen molar-refractivity contribution < 1.29 is 9.53 Å². The summed E-state index contributed by atoms with van der Waals surface area (Å²) in [5, 5.41) is 0. The molecule has 0 saturated heterocycles. The molecule has 2 heteroatoms. The van der Waals surface area contributed by atoms with Crippen molar-refractivity contribution >= 4 is 6.29 Å². The van der Waals surface area contributed by atoms with Gasteiger partial charge in [0.2, 0.25) is 0 Å². The fraction of sp³-hybridized carbons (Fsp3) is 0.462. The normalized spacial score (nSPS) is 12.2. The van der Waals surface area contributed by atoms with Gasteiger partial charge in [-0.1, -0.05) is 32.0 Å². The molecule has 1 aromatic rings. The maximum atomic E-state index is 10.5. The first kappa shape index (κ1) is 11.8. The fourth-order valence-corrected chi connectivity index (χ4v) is 1.79. The molecule has 0 aliphatic carbocycles. The molecular formula is C13H18O2. The average Bonchev–Trinajstić information content (AvgIpc) is 2.28. The van der Waals surface area contributed by atoms with Gasteiger partial charge < -0.3 is 9.53 Å². The van der Waals surface area contributed by atoms with E-state index >= 15 is 0 Å². The summed E-state index contributed by atoms with van der Waals surface area (Å²) < 4.78 is 5.42. The number of carbonyl (C=O) groups excluding carboxylic acids is 1. The Morgan fingerprint density at radius 2 is 2.20 bits per heavy atom. The lowest BCUT2D eigenvalue weighted by molar-refractivity contribution is -0.108. The van der Waals surface area contributed by atoms with Crippen LogP contribution in [0.1, 0.15) is 37.3 Å². The first-order chi connectivity index (χ1) is 7.24. The van der Waals surface area contributed by atoms with E-state index in [-0.39, 0.29) is 5.92 Å². The van der Waals surface area contributed by atoms with E-state index in [9.17, 15) is 4.79 Å². The highest BCUT2D eigenvalue weighted by atomic mass is 16.5. The SMILES string of the molecule is CCc1cccc(C(C)CC=O)c1OC. The Labute approximate surface area is 91.3 Å². The van der Waals surface area contributed by atoms with Gasteiger partial charge in [-0.25, -0.2) is 0 Å². The summed E-state index contributed by atoms with van der Waals surface area (Å²) in [5.41, 5.74) is 2.33. The molecule has 0 fully saturated rings. The molecule has 82 valence electrons. The summed E-state index contributed by atoms with van der Waals surface area (Å²) >= 11 is 0. The number of hydrogen-bond donors (Lipinski definition) is 0. The van der Waals surface area contributed by atoms with Crippen molar-refractivity contribution in [2.24, 2.45) is 0 Å². The Kier molecular flexibility index (Phi) is 4.35. The van der Waals surface area contributed by atoms with E-state index in [0.29, 0.717) is 6.42 Å². The van der Waals surface area contributed by atoms with Crippen LogP contribution < -0.4 is 4.74 Å². The molecule has 0 radical (unpaired) electrons. The van der Waals surface area contributed by atoms with E-state index in [0.717, 1.165) is 24.0 Å². The van der Waals surface area contributed by atoms with Crippen LogP contribution in [0.2, 0.25) is 0 Å². The van der Waals surface area contributed by atoms with Gasteiger partial charge in [0.15, 0.2) is 0 Å². The zero-order chi connectivity index (χ0) is 11.3. The van der Waals surface area contributed by atoms with Crippen LogP contribution in [0.5, 0.6) is 5.75 Å². The molecule has 0 aromatic heterocycles. The number of aryl methyl sites for hydroxylation is 1. The van der Waals surface area contributed by atoms with E-state index in [4.69, 9.17) is 4.74 Å². The van der Waals surface area contributed by atoms with E-state index in [1.807, 2.05) is 19.1 Å². The third kappa shape index (κ3) is 2.58. The Bertz CT molecular complexity index is 331. The average molecular weight is 206 g/mol. The lowest BCUT2D eigenvalue weighted by Crippen LogP contribution is -2.01. The molecule has 0 heterocycles. The quantitative estimate of drug-likeness (QED) is 0.692. The molecule has 1 aromatic carbocycles. The standard InChI is InChI=1S/C13H18O2/c1-4-11-6-5-7-12(13(11)15-3)10(2)8-9-14/h5-7,9-10H,4,8H2,1-3H3. The van der Waals surface area contributed by atoms with Crippen molar-refractivity contribution in [1.29, 1.82) is 0 Å². The number of ether oxygens (including phenoxy) is 1. The molecule has 0 aliphatic heterocycles.